The minimum Gasteiger partial charge on any atom is -1.00 e. The van der Waals surface area contributed by atoms with Crippen molar-refractivity contribution in [1.82, 2.24) is 0 Å². The summed E-state index contributed by atoms with van der Waals surface area (Å²) in [7, 11) is 0. The van der Waals surface area contributed by atoms with Crippen molar-refractivity contribution in [3.05, 3.63) is 0 Å². The third kappa shape index (κ3) is 4.45. The summed E-state index contributed by atoms with van der Waals surface area (Å²) in [5.41, 5.74) is -2.47. The normalized spacial score (nSPS) is 11.0. The minimum atomic E-state index is -1.68. The van der Waals surface area contributed by atoms with E-state index in [-0.39, 0.29) is 79.5 Å². The molecule has 0 aliphatic carbocycles. The fraction of sp³-hybridized carbons (Fsp3) is 0.800. The smallest absolute Gasteiger partial charge is 1.00 e. The van der Waals surface area contributed by atoms with Crippen LogP contribution in [-0.4, -0.2) is 22.2 Å². The van der Waals surface area contributed by atoms with E-state index in [9.17, 15) is 9.59 Å². The van der Waals surface area contributed by atoms with Crippen LogP contribution in [0.4, 0.5) is 0 Å². The third-order valence-corrected chi connectivity index (χ3v) is 2.64. The summed E-state index contributed by atoms with van der Waals surface area (Å²) in [6.07, 6.45) is 0.692. The van der Waals surface area contributed by atoms with Crippen molar-refractivity contribution in [2.45, 2.75) is 40.5 Å². The van der Waals surface area contributed by atoms with Gasteiger partial charge >= 0.3 is 82.2 Å². The van der Waals surface area contributed by atoms with Gasteiger partial charge in [0.15, 0.2) is 5.41 Å². The second-order valence-electron chi connectivity index (χ2n) is 4.52. The van der Waals surface area contributed by atoms with Gasteiger partial charge in [-0.1, -0.05) is 34.1 Å². The summed E-state index contributed by atoms with van der Waals surface area (Å²) < 4.78 is 0. The molecule has 0 aliphatic rings. The van der Waals surface area contributed by atoms with Crippen molar-refractivity contribution in [1.29, 1.82) is 0 Å². The number of rotatable bonds is 4. The molecule has 4 nitrogen and oxygen atoms in total. The van der Waals surface area contributed by atoms with E-state index in [0.29, 0.717) is 6.42 Å². The van der Waals surface area contributed by atoms with Crippen LogP contribution in [0, 0.1) is 10.8 Å². The summed E-state index contributed by atoms with van der Waals surface area (Å²) in [6.45, 7) is 6.72. The molecule has 0 heterocycles. The summed E-state index contributed by atoms with van der Waals surface area (Å²) in [5.74, 6) is -2.50. The fourth-order valence-corrected chi connectivity index (χ4v) is 1.70. The first kappa shape index (κ1) is 22.4. The molecule has 0 aliphatic heterocycles. The van der Waals surface area contributed by atoms with E-state index in [2.05, 4.69) is 0 Å². The van der Waals surface area contributed by atoms with Gasteiger partial charge in [-0.15, -0.1) is 0 Å². The Hall–Kier alpha value is 1.17. The van der Waals surface area contributed by atoms with Gasteiger partial charge in [-0.05, 0) is 11.8 Å². The van der Waals surface area contributed by atoms with E-state index in [1.165, 1.54) is 0 Å². The molecule has 0 radical (unpaired) electrons. The van der Waals surface area contributed by atoms with Crippen molar-refractivity contribution in [3.63, 3.8) is 0 Å². The monoisotopic (exact) mass is 250 g/mol. The molecule has 2 N–H and O–H groups in total. The summed E-state index contributed by atoms with van der Waals surface area (Å²) >= 11 is 0. The van der Waals surface area contributed by atoms with Crippen LogP contribution in [0.5, 0.6) is 0 Å². The number of hydrogen-bond acceptors (Lipinski definition) is 2. The van der Waals surface area contributed by atoms with Crippen molar-refractivity contribution in [2.24, 2.45) is 10.8 Å². The van der Waals surface area contributed by atoms with Crippen LogP contribution in [-0.2, 0) is 9.59 Å². The molecule has 0 aromatic carbocycles. The number of carboxylic acid groups (broad SMARTS) is 2. The third-order valence-electron chi connectivity index (χ3n) is 2.64. The van der Waals surface area contributed by atoms with Crippen molar-refractivity contribution in [2.75, 3.05) is 0 Å². The van der Waals surface area contributed by atoms with E-state index in [1.54, 1.807) is 27.7 Å². The van der Waals surface area contributed by atoms with Gasteiger partial charge in [0, 0.05) is 0 Å². The molecule has 0 spiro atoms. The zero-order valence-electron chi connectivity index (χ0n) is 13.1. The Morgan fingerprint density at radius 3 is 1.50 bits per heavy atom. The van der Waals surface area contributed by atoms with Crippen LogP contribution in [0.2, 0.25) is 0 Å². The summed E-state index contributed by atoms with van der Waals surface area (Å²) in [6, 6.07) is 0. The molecule has 16 heavy (non-hydrogen) atoms. The van der Waals surface area contributed by atoms with E-state index in [0.717, 1.165) is 0 Å². The quantitative estimate of drug-likeness (QED) is 0.397. The van der Waals surface area contributed by atoms with Crippen LogP contribution in [0.25, 0.3) is 0 Å². The van der Waals surface area contributed by atoms with Crippen LogP contribution in [0.1, 0.15) is 43.4 Å². The molecule has 0 saturated carbocycles. The maximum atomic E-state index is 11.1. The number of carbonyl (C=O) groups is 2. The maximum absolute atomic E-state index is 11.1. The average Bonchev–Trinajstić information content (AvgIpc) is 1.95. The minimum absolute atomic E-state index is 0. The topological polar surface area (TPSA) is 74.6 Å². The second kappa shape index (κ2) is 8.31. The van der Waals surface area contributed by atoms with Crippen LogP contribution in [0.3, 0.4) is 0 Å². The van der Waals surface area contributed by atoms with Gasteiger partial charge in [0.25, 0.3) is 0 Å². The molecular weight excluding hydrogens is 230 g/mol. The van der Waals surface area contributed by atoms with Gasteiger partial charge in [0.05, 0.1) is 0 Å². The molecule has 0 amide bonds. The van der Waals surface area contributed by atoms with Gasteiger partial charge in [0.2, 0.25) is 0 Å². The molecule has 0 atom stereocenters. The van der Waals surface area contributed by atoms with E-state index in [1.807, 2.05) is 0 Å². The molecule has 0 aromatic rings. The number of carboxylic acids is 2. The largest absolute Gasteiger partial charge is 1.00 e. The van der Waals surface area contributed by atoms with E-state index >= 15 is 0 Å². The Labute approximate surface area is 154 Å². The second-order valence-corrected chi connectivity index (χ2v) is 4.52. The molecule has 0 bridgehead atoms. The fourth-order valence-electron chi connectivity index (χ4n) is 1.70. The van der Waals surface area contributed by atoms with Gasteiger partial charge in [-0.3, -0.25) is 9.59 Å². The standard InChI is InChI=1S/C10H18O4.K.Li.2H/c1-5-6-10(7(11)12,8(13)14)9(2,3)4;;;;/h5-6H2,1-4H3,(H,11,12)(H,13,14);;;;/q;2*+1;2*-1. The Bertz CT molecular complexity index is 243. The molecular formula is C10H20KLiO4. The Balaban J connectivity index is -0.000000141. The van der Waals surface area contributed by atoms with E-state index in [4.69, 9.17) is 10.2 Å². The van der Waals surface area contributed by atoms with Crippen molar-refractivity contribution in [3.8, 4) is 0 Å². The molecule has 0 fully saturated rings. The molecule has 0 unspecified atom stereocenters. The van der Waals surface area contributed by atoms with Crippen LogP contribution >= 0.6 is 0 Å². The van der Waals surface area contributed by atoms with E-state index < -0.39 is 22.8 Å². The average molecular weight is 250 g/mol. The Kier molecular flexibility index (Phi) is 11.6. The van der Waals surface area contributed by atoms with Gasteiger partial charge in [-0.25, -0.2) is 0 Å². The Morgan fingerprint density at radius 2 is 1.44 bits per heavy atom. The molecule has 0 rings (SSSR count). The summed E-state index contributed by atoms with van der Waals surface area (Å²) in [4.78, 5) is 22.2. The molecule has 0 saturated heterocycles. The van der Waals surface area contributed by atoms with Crippen molar-refractivity contribution < 1.29 is 92.9 Å². The first-order chi connectivity index (χ1) is 6.20. The van der Waals surface area contributed by atoms with Gasteiger partial charge in [-0.2, -0.15) is 0 Å². The number of aliphatic carboxylic acids is 2. The van der Waals surface area contributed by atoms with Gasteiger partial charge < -0.3 is 13.1 Å². The van der Waals surface area contributed by atoms with Gasteiger partial charge in [0.1, 0.15) is 0 Å². The van der Waals surface area contributed by atoms with Crippen LogP contribution < -0.4 is 70.2 Å². The molecule has 0 aromatic heterocycles. The predicted octanol–water partition coefficient (Wildman–Crippen LogP) is -3.78. The molecule has 86 valence electrons. The zero-order chi connectivity index (χ0) is 11.6. The van der Waals surface area contributed by atoms with Crippen molar-refractivity contribution >= 4 is 11.9 Å². The predicted molar refractivity (Wildman–Crippen MR) is 54.3 cm³/mol. The SMILES string of the molecule is CCCC(C(=O)O)(C(=O)O)C(C)(C)C.[H-].[H-].[K+].[Li+]. The first-order valence-corrected chi connectivity index (χ1v) is 4.67. The molecule has 6 heteroatoms. The first-order valence-electron chi connectivity index (χ1n) is 4.67. The Morgan fingerprint density at radius 1 is 1.12 bits per heavy atom. The van der Waals surface area contributed by atoms with Crippen LogP contribution in [0.15, 0.2) is 0 Å². The zero-order valence-corrected chi connectivity index (χ0v) is 14.2. The summed E-state index contributed by atoms with van der Waals surface area (Å²) in [5, 5.41) is 18.2. The number of hydrogen-bond donors (Lipinski definition) is 2. The maximum Gasteiger partial charge on any atom is 1.00 e.